The fraction of sp³-hybridized carbons (Fsp3) is 0.286. The Hall–Kier alpha value is -1.65. The van der Waals surface area contributed by atoms with Crippen LogP contribution in [0.2, 0.25) is 5.02 Å². The summed E-state index contributed by atoms with van der Waals surface area (Å²) in [7, 11) is 1.83. The van der Waals surface area contributed by atoms with E-state index in [1.165, 1.54) is 0 Å². The average molecular weight is 278 g/mol. The number of hydrogen-bond donors (Lipinski definition) is 1. The fourth-order valence-electron chi connectivity index (χ4n) is 1.66. The van der Waals surface area contributed by atoms with Crippen LogP contribution in [0.25, 0.3) is 0 Å². The van der Waals surface area contributed by atoms with Gasteiger partial charge < -0.3 is 10.1 Å². The van der Waals surface area contributed by atoms with Crippen LogP contribution in [0.15, 0.2) is 30.3 Å². The van der Waals surface area contributed by atoms with Crippen molar-refractivity contribution >= 4 is 17.4 Å². The van der Waals surface area contributed by atoms with E-state index in [1.807, 2.05) is 44.3 Å². The molecule has 0 radical (unpaired) electrons. The van der Waals surface area contributed by atoms with Crippen LogP contribution in [-0.4, -0.2) is 17.0 Å². The van der Waals surface area contributed by atoms with E-state index in [9.17, 15) is 0 Å². The molecule has 0 spiro atoms. The minimum Gasteiger partial charge on any atom is -0.373 e. The fourth-order valence-corrected chi connectivity index (χ4v) is 1.79. The van der Waals surface area contributed by atoms with Gasteiger partial charge in [0.15, 0.2) is 5.82 Å². The molecule has 0 aliphatic heterocycles. The average Bonchev–Trinajstić information content (AvgIpc) is 2.40. The monoisotopic (exact) mass is 277 g/mol. The quantitative estimate of drug-likeness (QED) is 0.912. The second-order valence-corrected chi connectivity index (χ2v) is 4.62. The van der Waals surface area contributed by atoms with Crippen molar-refractivity contribution in [1.29, 1.82) is 0 Å². The SMILES string of the molecule is CNc1cc(C)nc(COCc2ccc(Cl)cc2)n1. The van der Waals surface area contributed by atoms with E-state index in [-0.39, 0.29) is 0 Å². The van der Waals surface area contributed by atoms with Crippen LogP contribution in [0.3, 0.4) is 0 Å². The predicted octanol–water partition coefficient (Wildman–Crippen LogP) is 3.20. The molecule has 4 nitrogen and oxygen atoms in total. The van der Waals surface area contributed by atoms with Crippen LogP contribution < -0.4 is 5.32 Å². The summed E-state index contributed by atoms with van der Waals surface area (Å²) in [6.45, 7) is 2.84. The topological polar surface area (TPSA) is 47.0 Å². The molecule has 0 aliphatic rings. The number of rotatable bonds is 5. The van der Waals surface area contributed by atoms with Crippen molar-refractivity contribution in [3.63, 3.8) is 0 Å². The number of nitrogens with one attached hydrogen (secondary N) is 1. The minimum atomic E-state index is 0.388. The molecule has 0 aliphatic carbocycles. The van der Waals surface area contributed by atoms with Crippen molar-refractivity contribution in [2.75, 3.05) is 12.4 Å². The van der Waals surface area contributed by atoms with Gasteiger partial charge in [0.25, 0.3) is 0 Å². The lowest BCUT2D eigenvalue weighted by Gasteiger charge is -2.06. The molecule has 0 amide bonds. The molecule has 19 heavy (non-hydrogen) atoms. The summed E-state index contributed by atoms with van der Waals surface area (Å²) in [5.41, 5.74) is 2.00. The number of hydrogen-bond acceptors (Lipinski definition) is 4. The second kappa shape index (κ2) is 6.50. The summed E-state index contributed by atoms with van der Waals surface area (Å²) in [4.78, 5) is 8.66. The minimum absolute atomic E-state index is 0.388. The standard InChI is InChI=1S/C14H16ClN3O/c1-10-7-13(16-2)18-14(17-10)9-19-8-11-3-5-12(15)6-4-11/h3-7H,8-9H2,1-2H3,(H,16,17,18). The molecule has 0 unspecified atom stereocenters. The summed E-state index contributed by atoms with van der Waals surface area (Å²) < 4.78 is 5.60. The third kappa shape index (κ3) is 4.19. The van der Waals surface area contributed by atoms with Crippen LogP contribution >= 0.6 is 11.6 Å². The van der Waals surface area contributed by atoms with Crippen LogP contribution in [0.4, 0.5) is 5.82 Å². The van der Waals surface area contributed by atoms with Gasteiger partial charge in [-0.15, -0.1) is 0 Å². The molecule has 1 N–H and O–H groups in total. The first kappa shape index (κ1) is 13.8. The molecule has 1 aromatic carbocycles. The van der Waals surface area contributed by atoms with Gasteiger partial charge >= 0.3 is 0 Å². The number of aromatic nitrogens is 2. The van der Waals surface area contributed by atoms with E-state index < -0.39 is 0 Å². The maximum absolute atomic E-state index is 5.82. The molecule has 0 saturated carbocycles. The van der Waals surface area contributed by atoms with Gasteiger partial charge in [-0.3, -0.25) is 0 Å². The maximum Gasteiger partial charge on any atom is 0.156 e. The largest absolute Gasteiger partial charge is 0.373 e. The van der Waals surface area contributed by atoms with E-state index in [4.69, 9.17) is 16.3 Å². The highest BCUT2D eigenvalue weighted by Crippen LogP contribution is 2.11. The highest BCUT2D eigenvalue weighted by molar-refractivity contribution is 6.30. The highest BCUT2D eigenvalue weighted by atomic mass is 35.5. The molecule has 0 atom stereocenters. The summed E-state index contributed by atoms with van der Waals surface area (Å²) in [6.07, 6.45) is 0. The van der Waals surface area contributed by atoms with Crippen LogP contribution in [0.1, 0.15) is 17.1 Å². The number of nitrogens with zero attached hydrogens (tertiary/aromatic N) is 2. The van der Waals surface area contributed by atoms with Crippen molar-refractivity contribution in [2.24, 2.45) is 0 Å². The van der Waals surface area contributed by atoms with Crippen LogP contribution in [0.5, 0.6) is 0 Å². The van der Waals surface area contributed by atoms with Gasteiger partial charge in [-0.2, -0.15) is 0 Å². The first-order valence-corrected chi connectivity index (χ1v) is 6.39. The Morgan fingerprint density at radius 1 is 1.16 bits per heavy atom. The summed E-state index contributed by atoms with van der Waals surface area (Å²) in [5.74, 6) is 1.48. The zero-order valence-electron chi connectivity index (χ0n) is 11.0. The van der Waals surface area contributed by atoms with Gasteiger partial charge in [0.05, 0.1) is 6.61 Å². The van der Waals surface area contributed by atoms with E-state index in [1.54, 1.807) is 0 Å². The zero-order valence-corrected chi connectivity index (χ0v) is 11.7. The normalized spacial score (nSPS) is 10.5. The van der Waals surface area contributed by atoms with E-state index in [0.717, 1.165) is 22.1 Å². The Labute approximate surface area is 117 Å². The Morgan fingerprint density at radius 3 is 2.58 bits per heavy atom. The summed E-state index contributed by atoms with van der Waals surface area (Å²) in [6, 6.07) is 9.48. The molecular formula is C14H16ClN3O. The number of ether oxygens (including phenoxy) is 1. The Bertz CT molecular complexity index is 543. The number of halogens is 1. The first-order valence-electron chi connectivity index (χ1n) is 6.02. The molecule has 0 fully saturated rings. The van der Waals surface area contributed by atoms with Crippen molar-refractivity contribution in [1.82, 2.24) is 9.97 Å². The Balaban J connectivity index is 1.92. The van der Waals surface area contributed by atoms with Crippen molar-refractivity contribution in [3.8, 4) is 0 Å². The molecule has 2 aromatic rings. The maximum atomic E-state index is 5.82. The van der Waals surface area contributed by atoms with Gasteiger partial charge in [-0.25, -0.2) is 9.97 Å². The molecule has 0 saturated heterocycles. The van der Waals surface area contributed by atoms with Crippen molar-refractivity contribution in [3.05, 3.63) is 52.4 Å². The molecule has 0 bridgehead atoms. The first-order chi connectivity index (χ1) is 9.17. The lowest BCUT2D eigenvalue weighted by Crippen LogP contribution is -2.04. The van der Waals surface area contributed by atoms with Gasteiger partial charge in [-0.05, 0) is 24.6 Å². The number of benzene rings is 1. The van der Waals surface area contributed by atoms with E-state index in [2.05, 4.69) is 15.3 Å². The molecule has 1 aromatic heterocycles. The van der Waals surface area contributed by atoms with E-state index in [0.29, 0.717) is 19.0 Å². The summed E-state index contributed by atoms with van der Waals surface area (Å²) in [5, 5.41) is 3.73. The van der Waals surface area contributed by atoms with Gasteiger partial charge in [-0.1, -0.05) is 23.7 Å². The predicted molar refractivity (Wildman–Crippen MR) is 76.3 cm³/mol. The molecule has 2 rings (SSSR count). The third-order valence-corrected chi connectivity index (χ3v) is 2.82. The van der Waals surface area contributed by atoms with Gasteiger partial charge in [0.1, 0.15) is 12.4 Å². The van der Waals surface area contributed by atoms with Crippen LogP contribution in [-0.2, 0) is 18.0 Å². The van der Waals surface area contributed by atoms with Crippen LogP contribution in [0, 0.1) is 6.92 Å². The molecule has 1 heterocycles. The second-order valence-electron chi connectivity index (χ2n) is 4.18. The van der Waals surface area contributed by atoms with Gasteiger partial charge in [0.2, 0.25) is 0 Å². The lowest BCUT2D eigenvalue weighted by molar-refractivity contribution is 0.102. The Kier molecular flexibility index (Phi) is 4.71. The van der Waals surface area contributed by atoms with Crippen molar-refractivity contribution in [2.45, 2.75) is 20.1 Å². The smallest absolute Gasteiger partial charge is 0.156 e. The lowest BCUT2D eigenvalue weighted by atomic mass is 10.2. The Morgan fingerprint density at radius 2 is 1.89 bits per heavy atom. The van der Waals surface area contributed by atoms with Crippen molar-refractivity contribution < 1.29 is 4.74 Å². The van der Waals surface area contributed by atoms with Gasteiger partial charge in [0, 0.05) is 23.8 Å². The van der Waals surface area contributed by atoms with E-state index >= 15 is 0 Å². The summed E-state index contributed by atoms with van der Waals surface area (Å²) >= 11 is 5.82. The number of anilines is 1. The number of aryl methyl sites for hydroxylation is 1. The highest BCUT2D eigenvalue weighted by Gasteiger charge is 2.02. The third-order valence-electron chi connectivity index (χ3n) is 2.57. The molecule has 100 valence electrons. The zero-order chi connectivity index (χ0) is 13.7. The molecule has 5 heteroatoms. The molecular weight excluding hydrogens is 262 g/mol.